The van der Waals surface area contributed by atoms with Gasteiger partial charge in [0.1, 0.15) is 11.4 Å². The Morgan fingerprint density at radius 1 is 1.30 bits per heavy atom. The van der Waals surface area contributed by atoms with Crippen molar-refractivity contribution < 1.29 is 14.3 Å². The molecular formula is C14H18N6O5S2. The summed E-state index contributed by atoms with van der Waals surface area (Å²) in [7, 11) is 2.65. The molecular weight excluding hydrogens is 396 g/mol. The number of nitrogens with two attached hydrogens (primary N) is 1. The molecule has 0 aliphatic rings. The van der Waals surface area contributed by atoms with Gasteiger partial charge in [-0.3, -0.25) is 24.0 Å². The second-order valence-electron chi connectivity index (χ2n) is 5.31. The van der Waals surface area contributed by atoms with Crippen LogP contribution in [0, 0.1) is 0 Å². The highest BCUT2D eigenvalue weighted by Gasteiger charge is 2.26. The summed E-state index contributed by atoms with van der Waals surface area (Å²) in [6.45, 7) is 3.47. The lowest BCUT2D eigenvalue weighted by molar-refractivity contribution is 0.0992. The standard InChI is InChI=1S/C14H18N6O5S2/c1-5-25-12(23)16-11-17-18-13(27-11)26-6(2)8(21)7-9(15)19(3)14(24)20(4)10(7)22/h6H,5,15H2,1-4H3,(H,16,17,23). The predicted octanol–water partition coefficient (Wildman–Crippen LogP) is 0.450. The van der Waals surface area contributed by atoms with Gasteiger partial charge in [-0.05, 0) is 13.8 Å². The van der Waals surface area contributed by atoms with E-state index < -0.39 is 28.4 Å². The molecule has 0 aliphatic carbocycles. The fraction of sp³-hybridized carbons (Fsp3) is 0.429. The lowest BCUT2D eigenvalue weighted by atomic mass is 10.1. The molecule has 1 amide bonds. The molecule has 0 fully saturated rings. The maximum absolute atomic E-state index is 12.7. The van der Waals surface area contributed by atoms with Crippen molar-refractivity contribution >= 4 is 45.9 Å². The van der Waals surface area contributed by atoms with Gasteiger partial charge >= 0.3 is 11.8 Å². The summed E-state index contributed by atoms with van der Waals surface area (Å²) in [5.41, 5.74) is 4.18. The quantitative estimate of drug-likeness (QED) is 0.390. The van der Waals surface area contributed by atoms with Gasteiger partial charge in [-0.2, -0.15) is 0 Å². The van der Waals surface area contributed by atoms with E-state index >= 15 is 0 Å². The molecule has 11 nitrogen and oxygen atoms in total. The van der Waals surface area contributed by atoms with Crippen molar-refractivity contribution in [3.63, 3.8) is 0 Å². The number of ketones is 1. The van der Waals surface area contributed by atoms with E-state index in [1.54, 1.807) is 13.8 Å². The Hall–Kier alpha value is -2.67. The van der Waals surface area contributed by atoms with Crippen LogP contribution in [0.4, 0.5) is 15.7 Å². The van der Waals surface area contributed by atoms with Gasteiger partial charge in [0.25, 0.3) is 5.56 Å². The SMILES string of the molecule is CCOC(=O)Nc1nnc(SC(C)C(=O)c2c(N)n(C)c(=O)n(C)c2=O)s1. The summed E-state index contributed by atoms with van der Waals surface area (Å²) >= 11 is 2.11. The number of rotatable bonds is 6. The number of Topliss-reactive ketones (excluding diaryl/α,β-unsaturated/α-hetero) is 1. The van der Waals surface area contributed by atoms with Crippen LogP contribution in [-0.4, -0.2) is 43.1 Å². The summed E-state index contributed by atoms with van der Waals surface area (Å²) in [6, 6.07) is 0. The highest BCUT2D eigenvalue weighted by molar-refractivity contribution is 8.02. The van der Waals surface area contributed by atoms with Gasteiger partial charge in [-0.25, -0.2) is 9.59 Å². The molecule has 0 spiro atoms. The molecule has 0 bridgehead atoms. The molecule has 1 atom stereocenters. The van der Waals surface area contributed by atoms with Gasteiger partial charge in [0.05, 0.1) is 11.9 Å². The topological polar surface area (TPSA) is 151 Å². The fourth-order valence-electron chi connectivity index (χ4n) is 2.06. The zero-order chi connectivity index (χ0) is 20.3. The molecule has 2 heterocycles. The van der Waals surface area contributed by atoms with Crippen LogP contribution in [0.1, 0.15) is 24.2 Å². The average molecular weight is 414 g/mol. The van der Waals surface area contributed by atoms with E-state index in [1.807, 2.05) is 0 Å². The lowest BCUT2D eigenvalue weighted by Gasteiger charge is -2.13. The van der Waals surface area contributed by atoms with E-state index in [1.165, 1.54) is 14.1 Å². The summed E-state index contributed by atoms with van der Waals surface area (Å²) in [5.74, 6) is -0.730. The van der Waals surface area contributed by atoms with Crippen LogP contribution in [0.15, 0.2) is 13.9 Å². The summed E-state index contributed by atoms with van der Waals surface area (Å²) < 4.78 is 7.01. The Bertz CT molecular complexity index is 995. The van der Waals surface area contributed by atoms with E-state index in [-0.39, 0.29) is 23.1 Å². The van der Waals surface area contributed by atoms with Crippen molar-refractivity contribution in [1.29, 1.82) is 0 Å². The number of carbonyl (C=O) groups excluding carboxylic acids is 2. The van der Waals surface area contributed by atoms with E-state index in [4.69, 9.17) is 10.5 Å². The van der Waals surface area contributed by atoms with Crippen molar-refractivity contribution in [1.82, 2.24) is 19.3 Å². The molecule has 1 unspecified atom stereocenters. The normalized spacial score (nSPS) is 11.9. The van der Waals surface area contributed by atoms with Gasteiger partial charge in [0.2, 0.25) is 5.13 Å². The number of amides is 1. The Labute approximate surface area is 161 Å². The summed E-state index contributed by atoms with van der Waals surface area (Å²) in [5, 5.41) is 9.57. The van der Waals surface area contributed by atoms with Crippen molar-refractivity contribution in [2.75, 3.05) is 17.7 Å². The third-order valence-electron chi connectivity index (χ3n) is 3.49. The first kappa shape index (κ1) is 20.6. The first-order valence-corrected chi connectivity index (χ1v) is 9.40. The first-order chi connectivity index (χ1) is 12.7. The van der Waals surface area contributed by atoms with Crippen molar-refractivity contribution in [3.8, 4) is 0 Å². The number of ether oxygens (including phenoxy) is 1. The first-order valence-electron chi connectivity index (χ1n) is 7.71. The second kappa shape index (κ2) is 8.35. The zero-order valence-corrected chi connectivity index (χ0v) is 16.6. The van der Waals surface area contributed by atoms with Crippen LogP contribution in [0.5, 0.6) is 0 Å². The Balaban J connectivity index is 2.20. The van der Waals surface area contributed by atoms with E-state index in [0.717, 1.165) is 32.2 Å². The number of anilines is 2. The molecule has 0 aromatic carbocycles. The van der Waals surface area contributed by atoms with Gasteiger partial charge in [0, 0.05) is 14.1 Å². The lowest BCUT2D eigenvalue weighted by Crippen LogP contribution is -2.42. The minimum atomic E-state index is -0.755. The number of nitrogens with one attached hydrogen (secondary N) is 1. The van der Waals surface area contributed by atoms with E-state index in [0.29, 0.717) is 4.34 Å². The Kier molecular flexibility index (Phi) is 6.38. The van der Waals surface area contributed by atoms with Crippen LogP contribution in [-0.2, 0) is 18.8 Å². The van der Waals surface area contributed by atoms with Gasteiger partial charge < -0.3 is 10.5 Å². The largest absolute Gasteiger partial charge is 0.450 e. The number of hydrogen-bond donors (Lipinski definition) is 2. The molecule has 0 aliphatic heterocycles. The van der Waals surface area contributed by atoms with Crippen molar-refractivity contribution in [3.05, 3.63) is 26.4 Å². The van der Waals surface area contributed by atoms with Crippen LogP contribution < -0.4 is 22.3 Å². The third-order valence-corrected chi connectivity index (χ3v) is 5.52. The van der Waals surface area contributed by atoms with Crippen LogP contribution in [0.2, 0.25) is 0 Å². The zero-order valence-electron chi connectivity index (χ0n) is 15.0. The highest BCUT2D eigenvalue weighted by atomic mass is 32.2. The number of carbonyl (C=O) groups is 2. The monoisotopic (exact) mass is 414 g/mol. The van der Waals surface area contributed by atoms with Gasteiger partial charge in [-0.15, -0.1) is 10.2 Å². The molecule has 0 radical (unpaired) electrons. The molecule has 2 aromatic rings. The molecule has 3 N–H and O–H groups in total. The minimum Gasteiger partial charge on any atom is -0.450 e. The fourth-order valence-corrected chi connectivity index (χ4v) is 4.00. The van der Waals surface area contributed by atoms with E-state index in [9.17, 15) is 19.2 Å². The Morgan fingerprint density at radius 3 is 2.59 bits per heavy atom. The molecule has 13 heteroatoms. The number of hydrogen-bond acceptors (Lipinski definition) is 10. The predicted molar refractivity (Wildman–Crippen MR) is 102 cm³/mol. The minimum absolute atomic E-state index is 0.192. The van der Waals surface area contributed by atoms with E-state index in [2.05, 4.69) is 15.5 Å². The number of nitrogen functional groups attached to an aromatic ring is 1. The second-order valence-corrected chi connectivity index (χ2v) is 7.87. The molecule has 146 valence electrons. The molecule has 0 saturated carbocycles. The highest BCUT2D eigenvalue weighted by Crippen LogP contribution is 2.30. The number of aromatic nitrogens is 4. The van der Waals surface area contributed by atoms with Crippen molar-refractivity contribution in [2.24, 2.45) is 14.1 Å². The van der Waals surface area contributed by atoms with Crippen LogP contribution in [0.3, 0.4) is 0 Å². The maximum atomic E-state index is 12.7. The van der Waals surface area contributed by atoms with Crippen molar-refractivity contribution in [2.45, 2.75) is 23.4 Å². The van der Waals surface area contributed by atoms with Crippen LogP contribution >= 0.6 is 23.1 Å². The molecule has 2 rings (SSSR count). The summed E-state index contributed by atoms with van der Waals surface area (Å²) in [6.07, 6.45) is -0.657. The molecule has 2 aromatic heterocycles. The van der Waals surface area contributed by atoms with Crippen LogP contribution in [0.25, 0.3) is 0 Å². The number of thioether (sulfide) groups is 1. The smallest absolute Gasteiger partial charge is 0.413 e. The third kappa shape index (κ3) is 4.36. The average Bonchev–Trinajstić information content (AvgIpc) is 3.05. The number of nitrogens with zero attached hydrogens (tertiary/aromatic N) is 4. The molecule has 27 heavy (non-hydrogen) atoms. The van der Waals surface area contributed by atoms with Gasteiger partial charge in [0.15, 0.2) is 10.1 Å². The Morgan fingerprint density at radius 2 is 1.96 bits per heavy atom. The van der Waals surface area contributed by atoms with Gasteiger partial charge in [-0.1, -0.05) is 23.1 Å². The maximum Gasteiger partial charge on any atom is 0.413 e. The summed E-state index contributed by atoms with van der Waals surface area (Å²) in [4.78, 5) is 48.2. The molecule has 0 saturated heterocycles.